The van der Waals surface area contributed by atoms with Crippen LogP contribution in [0.1, 0.15) is 5.69 Å². The van der Waals surface area contributed by atoms with Crippen LogP contribution in [0.4, 0.5) is 17.6 Å². The molecule has 0 bridgehead atoms. The predicted octanol–water partition coefficient (Wildman–Crippen LogP) is 2.86. The molecule has 13 heteroatoms. The molecular weight excluding hydrogens is 508 g/mol. The van der Waals surface area contributed by atoms with Crippen LogP contribution in [0, 0.1) is 11.7 Å². The number of quaternary nitrogens is 1. The number of carbonyl (C=O) groups is 1. The molecule has 1 unspecified atom stereocenters. The normalized spacial score (nSPS) is 15.1. The number of fused-ring (bicyclic) bond motifs is 4. The number of carboxylic acids is 1. The van der Waals surface area contributed by atoms with E-state index in [0.717, 1.165) is 52.7 Å². The number of rotatable bonds is 3. The first kappa shape index (κ1) is 25.3. The van der Waals surface area contributed by atoms with E-state index in [1.165, 1.54) is 12.1 Å². The lowest BCUT2D eigenvalue weighted by atomic mass is 10.1. The van der Waals surface area contributed by atoms with Gasteiger partial charge in [0, 0.05) is 53.3 Å². The van der Waals surface area contributed by atoms with E-state index in [1.807, 2.05) is 36.0 Å². The van der Waals surface area contributed by atoms with Crippen LogP contribution >= 0.6 is 0 Å². The van der Waals surface area contributed by atoms with E-state index in [2.05, 4.69) is 26.6 Å². The maximum atomic E-state index is 14.1. The predicted molar refractivity (Wildman–Crippen MR) is 130 cm³/mol. The highest BCUT2D eigenvalue weighted by molar-refractivity contribution is 5.96. The molecule has 0 aliphatic carbocycles. The molecule has 3 aromatic heterocycles. The van der Waals surface area contributed by atoms with E-state index >= 15 is 0 Å². The molecule has 0 saturated carbocycles. The second-order valence-corrected chi connectivity index (χ2v) is 9.09. The molecule has 1 aliphatic heterocycles. The third kappa shape index (κ3) is 4.14. The Bertz CT molecular complexity index is 1740. The number of halogens is 4. The molecule has 0 fully saturated rings. The summed E-state index contributed by atoms with van der Waals surface area (Å²) in [5.41, 5.74) is 8.45. The summed E-state index contributed by atoms with van der Waals surface area (Å²) < 4.78 is 51.7. The minimum atomic E-state index is -5.08. The molecule has 38 heavy (non-hydrogen) atoms. The molecule has 0 amide bonds. The summed E-state index contributed by atoms with van der Waals surface area (Å²) in [4.78, 5) is 22.0. The minimum Gasteiger partial charge on any atom is -0.475 e. The van der Waals surface area contributed by atoms with Crippen molar-refractivity contribution < 1.29 is 33.2 Å². The molecule has 198 valence electrons. The Hall–Kier alpha value is -4.39. The molecule has 0 radical (unpaired) electrons. The highest BCUT2D eigenvalue weighted by Gasteiger charge is 2.38. The molecule has 6 rings (SSSR count). The van der Waals surface area contributed by atoms with Crippen LogP contribution in [-0.4, -0.2) is 47.7 Å². The number of nitrogens with one attached hydrogen (secondary N) is 1. The number of hydrogen-bond acceptors (Lipinski definition) is 3. The molecule has 5 N–H and O–H groups in total. The van der Waals surface area contributed by atoms with Gasteiger partial charge >= 0.3 is 17.8 Å². The summed E-state index contributed by atoms with van der Waals surface area (Å²) >= 11 is 0. The number of carboxylic acid groups (broad SMARTS) is 1. The van der Waals surface area contributed by atoms with Gasteiger partial charge in [0.25, 0.3) is 0 Å². The zero-order valence-corrected chi connectivity index (χ0v) is 20.1. The third-order valence-corrected chi connectivity index (χ3v) is 6.71. The van der Waals surface area contributed by atoms with Crippen molar-refractivity contribution in [2.45, 2.75) is 19.1 Å². The number of H-pyrrole nitrogens is 1. The number of aromatic amines is 1. The number of hydrogen-bond donors (Lipinski definition) is 3. The zero-order valence-electron chi connectivity index (χ0n) is 20.1. The lowest BCUT2D eigenvalue weighted by molar-refractivity contribution is -0.378. The van der Waals surface area contributed by atoms with Crippen molar-refractivity contribution in [2.75, 3.05) is 6.54 Å². The molecule has 5 aromatic rings. The van der Waals surface area contributed by atoms with Gasteiger partial charge in [0.1, 0.15) is 5.82 Å². The van der Waals surface area contributed by atoms with E-state index in [-0.39, 0.29) is 11.5 Å². The summed E-state index contributed by atoms with van der Waals surface area (Å²) in [7, 11) is 1.91. The minimum absolute atomic E-state index is 0.305. The van der Waals surface area contributed by atoms with Crippen LogP contribution in [0.2, 0.25) is 0 Å². The Morgan fingerprint density at radius 2 is 1.89 bits per heavy atom. The highest BCUT2D eigenvalue weighted by Crippen LogP contribution is 2.38. The van der Waals surface area contributed by atoms with E-state index in [1.54, 1.807) is 10.6 Å². The van der Waals surface area contributed by atoms with Crippen molar-refractivity contribution >= 4 is 27.8 Å². The topological polar surface area (TPSA) is 125 Å². The van der Waals surface area contributed by atoms with Gasteiger partial charge in [-0.3, -0.25) is 0 Å². The Morgan fingerprint density at radius 1 is 1.18 bits per heavy atom. The second kappa shape index (κ2) is 9.17. The SMILES string of the molecule is Cn1cc(-c2n[nH]c(=O)n2-c2c3n(c4ccccc24)CC(C[NH3+])C3)c2cc(F)ccc21.O=C(O)C(F)(F)F. The Balaban J connectivity index is 0.000000374. The molecular formula is C25H23F4N6O3+. The standard InChI is InChI=1S/C23H21FN6O.C2HF3O2/c1-28-12-17(16-9-14(24)6-7-18(16)28)22-26-27-23(31)30(22)21-15-4-2-3-5-19(15)29-11-13(10-25)8-20(21)29;3-2(4,5)1(6)7/h2-7,9,12-13H,8,10-11,25H2,1H3,(H,27,31);(H,6,7)/p+1. The van der Waals surface area contributed by atoms with Gasteiger partial charge in [-0.1, -0.05) is 18.2 Å². The molecule has 2 aromatic carbocycles. The molecule has 0 saturated heterocycles. The lowest BCUT2D eigenvalue weighted by Gasteiger charge is -2.08. The van der Waals surface area contributed by atoms with Crippen LogP contribution in [0.3, 0.4) is 0 Å². The molecule has 1 aliphatic rings. The van der Waals surface area contributed by atoms with Crippen LogP contribution in [0.25, 0.3) is 38.9 Å². The Labute approximate surface area is 211 Å². The number of benzene rings is 2. The van der Waals surface area contributed by atoms with Crippen LogP contribution in [0.15, 0.2) is 53.5 Å². The maximum Gasteiger partial charge on any atom is 0.490 e. The second-order valence-electron chi connectivity index (χ2n) is 9.09. The summed E-state index contributed by atoms with van der Waals surface area (Å²) in [6.07, 6.45) is -2.33. The van der Waals surface area contributed by atoms with Crippen molar-refractivity contribution in [3.63, 3.8) is 0 Å². The Morgan fingerprint density at radius 3 is 2.58 bits per heavy atom. The highest BCUT2D eigenvalue weighted by atomic mass is 19.4. The smallest absolute Gasteiger partial charge is 0.475 e. The van der Waals surface area contributed by atoms with Crippen LogP contribution in [-0.2, 0) is 24.8 Å². The fourth-order valence-corrected chi connectivity index (χ4v) is 5.02. The maximum absolute atomic E-state index is 14.1. The third-order valence-electron chi connectivity index (χ3n) is 6.71. The van der Waals surface area contributed by atoms with Gasteiger partial charge < -0.3 is 20.0 Å². The number of alkyl halides is 3. The van der Waals surface area contributed by atoms with E-state index in [4.69, 9.17) is 9.90 Å². The number of nitrogens with zero attached hydrogens (tertiary/aromatic N) is 4. The van der Waals surface area contributed by atoms with Gasteiger partial charge in [0.05, 0.1) is 17.7 Å². The number of aromatic nitrogens is 5. The molecule has 4 heterocycles. The largest absolute Gasteiger partial charge is 0.490 e. The number of aryl methyl sites for hydroxylation is 1. The number of aliphatic carboxylic acids is 1. The molecule has 9 nitrogen and oxygen atoms in total. The Kier molecular flexibility index (Phi) is 6.10. The monoisotopic (exact) mass is 531 g/mol. The van der Waals surface area contributed by atoms with Crippen LogP contribution < -0.4 is 11.4 Å². The van der Waals surface area contributed by atoms with Gasteiger partial charge in [0.15, 0.2) is 5.82 Å². The van der Waals surface area contributed by atoms with Crippen molar-refractivity contribution in [1.82, 2.24) is 23.9 Å². The molecule has 1 atom stereocenters. The average Bonchev–Trinajstić information content (AvgIpc) is 3.60. The van der Waals surface area contributed by atoms with Gasteiger partial charge in [-0.2, -0.15) is 18.3 Å². The summed E-state index contributed by atoms with van der Waals surface area (Å²) in [6, 6.07) is 12.8. The van der Waals surface area contributed by atoms with Gasteiger partial charge in [-0.05, 0) is 30.7 Å². The fourth-order valence-electron chi connectivity index (χ4n) is 5.02. The average molecular weight is 531 g/mol. The first-order valence-electron chi connectivity index (χ1n) is 11.6. The van der Waals surface area contributed by atoms with Crippen molar-refractivity contribution in [2.24, 2.45) is 13.0 Å². The first-order chi connectivity index (χ1) is 18.0. The van der Waals surface area contributed by atoms with Gasteiger partial charge in [-0.15, -0.1) is 0 Å². The van der Waals surface area contributed by atoms with E-state index < -0.39 is 12.1 Å². The van der Waals surface area contributed by atoms with Crippen molar-refractivity contribution in [1.29, 1.82) is 0 Å². The van der Waals surface area contributed by atoms with Gasteiger partial charge in [-0.25, -0.2) is 23.6 Å². The van der Waals surface area contributed by atoms with E-state index in [0.29, 0.717) is 17.3 Å². The summed E-state index contributed by atoms with van der Waals surface area (Å²) in [5.74, 6) is -2.15. The van der Waals surface area contributed by atoms with Gasteiger partial charge in [0.2, 0.25) is 0 Å². The first-order valence-corrected chi connectivity index (χ1v) is 11.6. The lowest BCUT2D eigenvalue weighted by Crippen LogP contribution is -2.54. The van der Waals surface area contributed by atoms with Crippen molar-refractivity contribution in [3.05, 3.63) is 70.7 Å². The van der Waals surface area contributed by atoms with Crippen molar-refractivity contribution in [3.8, 4) is 17.1 Å². The number of para-hydroxylation sites is 1. The fraction of sp³-hybridized carbons (Fsp3) is 0.240. The van der Waals surface area contributed by atoms with E-state index in [9.17, 15) is 22.4 Å². The summed E-state index contributed by atoms with van der Waals surface area (Å²) in [5, 5.41) is 15.9. The quantitative estimate of drug-likeness (QED) is 0.310. The van der Waals surface area contributed by atoms with Crippen LogP contribution in [0.5, 0.6) is 0 Å². The zero-order chi connectivity index (χ0) is 27.4. The molecule has 0 spiro atoms. The summed E-state index contributed by atoms with van der Waals surface area (Å²) in [6.45, 7) is 1.73.